The molecular formula is C42H24S6. The normalized spacial score (nSPS) is 12.4. The van der Waals surface area contributed by atoms with Gasteiger partial charge in [-0.05, 0) is 130 Å². The Morgan fingerprint density at radius 1 is 0.271 bits per heavy atom. The van der Waals surface area contributed by atoms with Crippen molar-refractivity contribution < 1.29 is 0 Å². The van der Waals surface area contributed by atoms with Crippen LogP contribution >= 0.6 is 68.0 Å². The standard InChI is InChI=1S/C42H24S6/c1-21-3-10-35(43-21)40-18-23-16-39-24(17-38(23)47-40)19-41(48-39)36-13-14-37(46-36)42-20-32-30-7-5-25-26(28(30)9-12-34(32)45-42)4-6-29-27(25)8-11-33-31(29)15-22(2)44-33/h3-20H,1-2H3. The van der Waals surface area contributed by atoms with Crippen LogP contribution in [0.4, 0.5) is 0 Å². The number of rotatable bonds is 3. The van der Waals surface area contributed by atoms with E-state index in [4.69, 9.17) is 0 Å². The van der Waals surface area contributed by atoms with Crippen LogP contribution in [0.15, 0.2) is 109 Å². The lowest BCUT2D eigenvalue weighted by molar-refractivity contribution is 1.64. The van der Waals surface area contributed by atoms with E-state index in [0.717, 1.165) is 0 Å². The molecule has 5 aromatic carbocycles. The molecule has 0 nitrogen and oxygen atoms in total. The number of hydrogen-bond donors (Lipinski definition) is 0. The number of fused-ring (bicyclic) bond motifs is 11. The zero-order valence-electron chi connectivity index (χ0n) is 25.8. The fraction of sp³-hybridized carbons (Fsp3) is 0.0476. The molecule has 0 N–H and O–H groups in total. The maximum absolute atomic E-state index is 2.42. The molecule has 0 atom stereocenters. The van der Waals surface area contributed by atoms with E-state index in [2.05, 4.69) is 123 Å². The Balaban J connectivity index is 0.967. The molecule has 0 spiro atoms. The van der Waals surface area contributed by atoms with Gasteiger partial charge < -0.3 is 0 Å². The van der Waals surface area contributed by atoms with Gasteiger partial charge in [-0.1, -0.05) is 36.4 Å². The summed E-state index contributed by atoms with van der Waals surface area (Å²) in [6.45, 7) is 4.39. The lowest BCUT2D eigenvalue weighted by Gasteiger charge is -2.09. The molecule has 6 heteroatoms. The summed E-state index contributed by atoms with van der Waals surface area (Å²) in [7, 11) is 0. The van der Waals surface area contributed by atoms with Gasteiger partial charge in [-0.2, -0.15) is 0 Å². The van der Waals surface area contributed by atoms with Crippen LogP contribution in [0.3, 0.4) is 0 Å². The molecule has 0 saturated carbocycles. The lowest BCUT2D eigenvalue weighted by atomic mass is 9.95. The van der Waals surface area contributed by atoms with Crippen LogP contribution in [-0.2, 0) is 0 Å². The summed E-state index contributed by atoms with van der Waals surface area (Å²) in [6.07, 6.45) is 0. The van der Waals surface area contributed by atoms with Crippen LogP contribution in [0.1, 0.15) is 9.75 Å². The van der Waals surface area contributed by atoms with Crippen molar-refractivity contribution in [1.82, 2.24) is 0 Å². The molecule has 0 aliphatic carbocycles. The van der Waals surface area contributed by atoms with E-state index in [1.165, 1.54) is 112 Å². The molecule has 11 aromatic rings. The Morgan fingerprint density at radius 3 is 1.27 bits per heavy atom. The van der Waals surface area contributed by atoms with Crippen LogP contribution < -0.4 is 0 Å². The molecule has 6 aromatic heterocycles. The van der Waals surface area contributed by atoms with E-state index in [-0.39, 0.29) is 0 Å². The van der Waals surface area contributed by atoms with Crippen molar-refractivity contribution in [3.63, 3.8) is 0 Å². The van der Waals surface area contributed by atoms with Crippen molar-refractivity contribution in [1.29, 1.82) is 0 Å². The summed E-state index contributed by atoms with van der Waals surface area (Å²) in [4.78, 5) is 10.9. The summed E-state index contributed by atoms with van der Waals surface area (Å²) in [5, 5.41) is 13.5. The Morgan fingerprint density at radius 2 is 0.708 bits per heavy atom. The predicted molar refractivity (Wildman–Crippen MR) is 222 cm³/mol. The molecule has 0 bridgehead atoms. The minimum atomic E-state index is 1.34. The van der Waals surface area contributed by atoms with E-state index in [1.807, 2.05) is 68.0 Å². The van der Waals surface area contributed by atoms with Crippen LogP contribution in [0.5, 0.6) is 0 Å². The Kier molecular flexibility index (Phi) is 6.02. The van der Waals surface area contributed by atoms with Crippen molar-refractivity contribution in [2.45, 2.75) is 13.8 Å². The molecule has 228 valence electrons. The molecule has 11 rings (SSSR count). The van der Waals surface area contributed by atoms with Gasteiger partial charge in [0.2, 0.25) is 0 Å². The zero-order valence-corrected chi connectivity index (χ0v) is 30.7. The van der Waals surface area contributed by atoms with Gasteiger partial charge in [0.05, 0.1) is 0 Å². The molecule has 0 amide bonds. The number of benzene rings is 5. The average molecular weight is 721 g/mol. The highest BCUT2D eigenvalue weighted by Crippen LogP contribution is 2.47. The van der Waals surface area contributed by atoms with E-state index in [0.29, 0.717) is 0 Å². The van der Waals surface area contributed by atoms with Crippen molar-refractivity contribution in [2.24, 2.45) is 0 Å². The Hall–Kier alpha value is -3.88. The first-order valence-corrected chi connectivity index (χ1v) is 20.8. The monoisotopic (exact) mass is 720 g/mol. The third-order valence-electron chi connectivity index (χ3n) is 9.54. The first-order valence-electron chi connectivity index (χ1n) is 15.9. The van der Waals surface area contributed by atoms with Gasteiger partial charge in [-0.3, -0.25) is 0 Å². The van der Waals surface area contributed by atoms with Gasteiger partial charge in [0, 0.05) is 68.6 Å². The van der Waals surface area contributed by atoms with E-state index in [1.54, 1.807) is 0 Å². The molecule has 0 aliphatic heterocycles. The molecule has 0 saturated heterocycles. The summed E-state index contributed by atoms with van der Waals surface area (Å²) in [5.74, 6) is 0. The molecule has 0 radical (unpaired) electrons. The summed E-state index contributed by atoms with van der Waals surface area (Å²) < 4.78 is 5.45. The highest BCUT2D eigenvalue weighted by Gasteiger charge is 2.16. The smallest absolute Gasteiger partial charge is 0.0455 e. The van der Waals surface area contributed by atoms with Crippen molar-refractivity contribution in [3.05, 3.63) is 119 Å². The van der Waals surface area contributed by atoms with Crippen LogP contribution in [-0.4, -0.2) is 0 Å². The van der Waals surface area contributed by atoms with Crippen LogP contribution in [0.25, 0.3) is 102 Å². The van der Waals surface area contributed by atoms with Gasteiger partial charge in [-0.25, -0.2) is 0 Å². The highest BCUT2D eigenvalue weighted by atomic mass is 32.1. The fourth-order valence-electron chi connectivity index (χ4n) is 7.31. The maximum atomic E-state index is 2.42. The largest absolute Gasteiger partial charge is 0.141 e. The molecule has 48 heavy (non-hydrogen) atoms. The molecule has 6 heterocycles. The van der Waals surface area contributed by atoms with Crippen LogP contribution in [0.2, 0.25) is 0 Å². The molecule has 0 aliphatic rings. The number of hydrogen-bond acceptors (Lipinski definition) is 6. The zero-order chi connectivity index (χ0) is 31.7. The summed E-state index contributed by atoms with van der Waals surface area (Å²) >= 11 is 11.4. The van der Waals surface area contributed by atoms with Crippen molar-refractivity contribution in [2.75, 3.05) is 0 Å². The van der Waals surface area contributed by atoms with E-state index >= 15 is 0 Å². The fourth-order valence-corrected chi connectivity index (χ4v) is 13.6. The Bertz CT molecular complexity index is 3040. The van der Waals surface area contributed by atoms with Crippen molar-refractivity contribution >= 4 is 141 Å². The highest BCUT2D eigenvalue weighted by molar-refractivity contribution is 7.30. The van der Waals surface area contributed by atoms with Crippen LogP contribution in [0, 0.1) is 13.8 Å². The second-order valence-electron chi connectivity index (χ2n) is 12.6. The third-order valence-corrected chi connectivity index (χ3v) is 16.5. The van der Waals surface area contributed by atoms with Crippen molar-refractivity contribution in [3.8, 4) is 29.3 Å². The quantitative estimate of drug-likeness (QED) is 0.159. The second-order valence-corrected chi connectivity index (χ2v) is 19.5. The minimum absolute atomic E-state index is 1.34. The summed E-state index contributed by atoms with van der Waals surface area (Å²) in [6, 6.07) is 42.1. The van der Waals surface area contributed by atoms with E-state index in [9.17, 15) is 0 Å². The van der Waals surface area contributed by atoms with Gasteiger partial charge in [-0.15, -0.1) is 68.0 Å². The average Bonchev–Trinajstić information content (AvgIpc) is 3.93. The maximum Gasteiger partial charge on any atom is 0.0455 e. The number of aryl methyl sites for hydroxylation is 2. The first kappa shape index (κ1) is 28.0. The summed E-state index contributed by atoms with van der Waals surface area (Å²) in [5.41, 5.74) is 0. The first-order chi connectivity index (χ1) is 23.5. The van der Waals surface area contributed by atoms with Gasteiger partial charge in [0.25, 0.3) is 0 Å². The minimum Gasteiger partial charge on any atom is -0.141 e. The predicted octanol–water partition coefficient (Wildman–Crippen LogP) is 15.7. The SMILES string of the molecule is Cc1ccc(-c2cc3cc4sc(-c5ccc(-c6cc7c(ccc8c7ccc7c9ccc%10sc(C)cc%10c9ccc87)s6)s5)cc4cc3s2)s1. The molecule has 0 unspecified atom stereocenters. The molecular weight excluding hydrogens is 697 g/mol. The number of thiophene rings is 6. The molecule has 0 fully saturated rings. The van der Waals surface area contributed by atoms with Gasteiger partial charge >= 0.3 is 0 Å². The second kappa shape index (κ2) is 10.3. The topological polar surface area (TPSA) is 0 Å². The van der Waals surface area contributed by atoms with E-state index < -0.39 is 0 Å². The van der Waals surface area contributed by atoms with Gasteiger partial charge in [0.1, 0.15) is 0 Å². The third kappa shape index (κ3) is 4.21. The van der Waals surface area contributed by atoms with Gasteiger partial charge in [0.15, 0.2) is 0 Å². The lowest BCUT2D eigenvalue weighted by Crippen LogP contribution is -1.81. The Labute approximate surface area is 300 Å².